The van der Waals surface area contributed by atoms with Crippen LogP contribution in [-0.2, 0) is 6.54 Å². The van der Waals surface area contributed by atoms with Crippen molar-refractivity contribution in [1.29, 1.82) is 0 Å². The van der Waals surface area contributed by atoms with Crippen LogP contribution in [0, 0.1) is 6.92 Å². The van der Waals surface area contributed by atoms with Gasteiger partial charge in [-0.2, -0.15) is 0 Å². The van der Waals surface area contributed by atoms with E-state index in [1.54, 1.807) is 11.3 Å². The lowest BCUT2D eigenvalue weighted by molar-refractivity contribution is 0.0946. The minimum absolute atomic E-state index is 0.140. The Kier molecular flexibility index (Phi) is 4.22. The Hall–Kier alpha value is -1.79. The van der Waals surface area contributed by atoms with E-state index in [-0.39, 0.29) is 5.91 Å². The van der Waals surface area contributed by atoms with Crippen LogP contribution < -0.4 is 5.32 Å². The molecule has 114 valence electrons. The Morgan fingerprint density at radius 3 is 2.86 bits per heavy atom. The second-order valence-corrected chi connectivity index (χ2v) is 7.49. The van der Waals surface area contributed by atoms with E-state index in [1.807, 2.05) is 5.38 Å². The molecule has 1 aromatic carbocycles. The third-order valence-corrected chi connectivity index (χ3v) is 5.42. The molecule has 1 N–H and O–H groups in total. The van der Waals surface area contributed by atoms with Crippen molar-refractivity contribution in [3.63, 3.8) is 0 Å². The predicted octanol–water partition coefficient (Wildman–Crippen LogP) is 4.11. The minimum Gasteiger partial charge on any atom is -0.344 e. The van der Waals surface area contributed by atoms with Gasteiger partial charge < -0.3 is 5.32 Å². The van der Waals surface area contributed by atoms with E-state index in [2.05, 4.69) is 54.3 Å². The standard InChI is InChI=1S/C16H17N3OS2/c1-9(2)16-19-12(8-21-16)15(20)17-7-14-18-11-6-10(3)4-5-13(11)22-14/h4-6,8-9H,7H2,1-3H3,(H,17,20). The SMILES string of the molecule is Cc1ccc2sc(CNC(=O)c3csc(C(C)C)n3)nc2c1. The van der Waals surface area contributed by atoms with Crippen LogP contribution in [0.15, 0.2) is 23.6 Å². The van der Waals surface area contributed by atoms with Crippen molar-refractivity contribution < 1.29 is 4.79 Å². The Labute approximate surface area is 137 Å². The average Bonchev–Trinajstić information content (AvgIpc) is 3.10. The molecule has 0 saturated carbocycles. The molecule has 2 heterocycles. The molecule has 0 aliphatic carbocycles. The largest absolute Gasteiger partial charge is 0.344 e. The van der Waals surface area contributed by atoms with E-state index < -0.39 is 0 Å². The fourth-order valence-electron chi connectivity index (χ4n) is 2.06. The van der Waals surface area contributed by atoms with Gasteiger partial charge in [0, 0.05) is 11.3 Å². The second kappa shape index (κ2) is 6.14. The van der Waals surface area contributed by atoms with Crippen LogP contribution >= 0.6 is 22.7 Å². The third-order valence-electron chi connectivity index (χ3n) is 3.24. The summed E-state index contributed by atoms with van der Waals surface area (Å²) in [6.07, 6.45) is 0. The molecule has 0 fully saturated rings. The average molecular weight is 331 g/mol. The first kappa shape index (κ1) is 15.1. The second-order valence-electron chi connectivity index (χ2n) is 5.49. The van der Waals surface area contributed by atoms with Crippen LogP contribution in [0.3, 0.4) is 0 Å². The molecule has 2 aromatic heterocycles. The molecular formula is C16H17N3OS2. The highest BCUT2D eigenvalue weighted by Gasteiger charge is 2.13. The first-order valence-corrected chi connectivity index (χ1v) is 8.82. The molecule has 0 saturated heterocycles. The number of carbonyl (C=O) groups is 1. The van der Waals surface area contributed by atoms with Crippen molar-refractivity contribution in [2.75, 3.05) is 0 Å². The predicted molar refractivity (Wildman–Crippen MR) is 91.7 cm³/mol. The smallest absolute Gasteiger partial charge is 0.271 e. The van der Waals surface area contributed by atoms with Crippen molar-refractivity contribution in [2.45, 2.75) is 33.2 Å². The van der Waals surface area contributed by atoms with Gasteiger partial charge in [-0.15, -0.1) is 22.7 Å². The number of amides is 1. The summed E-state index contributed by atoms with van der Waals surface area (Å²) in [6.45, 7) is 6.63. The van der Waals surface area contributed by atoms with Gasteiger partial charge in [-0.1, -0.05) is 19.9 Å². The van der Waals surface area contributed by atoms with Gasteiger partial charge in [-0.3, -0.25) is 4.79 Å². The molecule has 4 nitrogen and oxygen atoms in total. The molecule has 3 rings (SSSR count). The Morgan fingerprint density at radius 2 is 2.14 bits per heavy atom. The molecule has 0 spiro atoms. The summed E-state index contributed by atoms with van der Waals surface area (Å²) < 4.78 is 1.14. The van der Waals surface area contributed by atoms with E-state index in [0.717, 1.165) is 20.2 Å². The van der Waals surface area contributed by atoms with E-state index >= 15 is 0 Å². The van der Waals surface area contributed by atoms with Crippen LogP contribution in [-0.4, -0.2) is 15.9 Å². The summed E-state index contributed by atoms with van der Waals surface area (Å²) in [4.78, 5) is 21.1. The molecule has 0 bridgehead atoms. The number of hydrogen-bond acceptors (Lipinski definition) is 5. The lowest BCUT2D eigenvalue weighted by Crippen LogP contribution is -2.23. The maximum absolute atomic E-state index is 12.1. The maximum Gasteiger partial charge on any atom is 0.271 e. The molecule has 6 heteroatoms. The zero-order valence-electron chi connectivity index (χ0n) is 12.7. The number of nitrogens with zero attached hydrogens (tertiary/aromatic N) is 2. The van der Waals surface area contributed by atoms with Gasteiger partial charge in [0.1, 0.15) is 10.7 Å². The fourth-order valence-corrected chi connectivity index (χ4v) is 3.77. The quantitative estimate of drug-likeness (QED) is 0.782. The third kappa shape index (κ3) is 3.18. The monoisotopic (exact) mass is 331 g/mol. The van der Waals surface area contributed by atoms with Gasteiger partial charge >= 0.3 is 0 Å². The van der Waals surface area contributed by atoms with Gasteiger partial charge in [-0.05, 0) is 24.6 Å². The molecule has 0 unspecified atom stereocenters. The number of rotatable bonds is 4. The van der Waals surface area contributed by atoms with E-state index in [9.17, 15) is 4.79 Å². The number of benzene rings is 1. The van der Waals surface area contributed by atoms with Gasteiger partial charge in [0.2, 0.25) is 0 Å². The summed E-state index contributed by atoms with van der Waals surface area (Å²) in [5.41, 5.74) is 2.67. The number of fused-ring (bicyclic) bond motifs is 1. The van der Waals surface area contributed by atoms with Crippen molar-refractivity contribution >= 4 is 38.8 Å². The zero-order chi connectivity index (χ0) is 15.7. The zero-order valence-corrected chi connectivity index (χ0v) is 14.3. The molecule has 0 aliphatic heterocycles. The first-order chi connectivity index (χ1) is 10.5. The lowest BCUT2D eigenvalue weighted by Gasteiger charge is -2.00. The van der Waals surface area contributed by atoms with Crippen molar-refractivity contribution in [1.82, 2.24) is 15.3 Å². The van der Waals surface area contributed by atoms with Crippen molar-refractivity contribution in [2.24, 2.45) is 0 Å². The van der Waals surface area contributed by atoms with Crippen LogP contribution in [0.2, 0.25) is 0 Å². The molecule has 1 amide bonds. The number of aromatic nitrogens is 2. The van der Waals surface area contributed by atoms with E-state index in [0.29, 0.717) is 18.2 Å². The number of nitrogens with one attached hydrogen (secondary N) is 1. The highest BCUT2D eigenvalue weighted by molar-refractivity contribution is 7.18. The maximum atomic E-state index is 12.1. The Balaban J connectivity index is 1.68. The molecule has 0 aliphatic rings. The van der Waals surface area contributed by atoms with Crippen LogP contribution in [0.25, 0.3) is 10.2 Å². The van der Waals surface area contributed by atoms with Crippen molar-refractivity contribution in [3.8, 4) is 0 Å². The van der Waals surface area contributed by atoms with Crippen LogP contribution in [0.5, 0.6) is 0 Å². The fraction of sp³-hybridized carbons (Fsp3) is 0.312. The summed E-state index contributed by atoms with van der Waals surface area (Å²) in [7, 11) is 0. The number of hydrogen-bond donors (Lipinski definition) is 1. The Morgan fingerprint density at radius 1 is 1.32 bits per heavy atom. The Bertz CT molecular complexity index is 820. The van der Waals surface area contributed by atoms with E-state index in [4.69, 9.17) is 0 Å². The highest BCUT2D eigenvalue weighted by atomic mass is 32.1. The highest BCUT2D eigenvalue weighted by Crippen LogP contribution is 2.23. The van der Waals surface area contributed by atoms with Crippen LogP contribution in [0.4, 0.5) is 0 Å². The van der Waals surface area contributed by atoms with Crippen molar-refractivity contribution in [3.05, 3.63) is 44.9 Å². The van der Waals surface area contributed by atoms with Gasteiger partial charge in [0.05, 0.1) is 21.8 Å². The summed E-state index contributed by atoms with van der Waals surface area (Å²) >= 11 is 3.14. The van der Waals surface area contributed by atoms with Gasteiger partial charge in [-0.25, -0.2) is 9.97 Å². The summed E-state index contributed by atoms with van der Waals surface area (Å²) in [5.74, 6) is 0.206. The van der Waals surface area contributed by atoms with E-state index in [1.165, 1.54) is 16.9 Å². The number of aryl methyl sites for hydroxylation is 1. The molecule has 0 atom stereocenters. The minimum atomic E-state index is -0.140. The first-order valence-electron chi connectivity index (χ1n) is 7.12. The number of thiazole rings is 2. The molecule has 3 aromatic rings. The van der Waals surface area contributed by atoms with Gasteiger partial charge in [0.25, 0.3) is 5.91 Å². The summed E-state index contributed by atoms with van der Waals surface area (Å²) in [5, 5.41) is 6.61. The van der Waals surface area contributed by atoms with Gasteiger partial charge in [0.15, 0.2) is 0 Å². The normalized spacial score (nSPS) is 11.3. The molecular weight excluding hydrogens is 314 g/mol. The molecule has 0 radical (unpaired) electrons. The topological polar surface area (TPSA) is 54.9 Å². The summed E-state index contributed by atoms with van der Waals surface area (Å²) in [6, 6.07) is 6.21. The van der Waals surface area contributed by atoms with Crippen LogP contribution in [0.1, 0.15) is 45.8 Å². The number of carbonyl (C=O) groups excluding carboxylic acids is 1. The molecule has 22 heavy (non-hydrogen) atoms. The lowest BCUT2D eigenvalue weighted by atomic mass is 10.2.